The fourth-order valence-electron chi connectivity index (χ4n) is 1.34. The van der Waals surface area contributed by atoms with Crippen molar-refractivity contribution >= 4 is 24.2 Å². The summed E-state index contributed by atoms with van der Waals surface area (Å²) in [5.74, 6) is 0.789. The number of rotatable bonds is 8. The lowest BCUT2D eigenvalue weighted by molar-refractivity contribution is -0.125. The van der Waals surface area contributed by atoms with E-state index in [9.17, 15) is 9.59 Å². The molecule has 0 aromatic heterocycles. The molecule has 7 nitrogen and oxygen atoms in total. The molecule has 0 heterocycles. The maximum Gasteiger partial charge on any atom is 0.239 e. The van der Waals surface area contributed by atoms with Gasteiger partial charge >= 0.3 is 0 Å². The Kier molecular flexibility index (Phi) is 9.74. The van der Waals surface area contributed by atoms with E-state index in [1.807, 2.05) is 0 Å². The fourth-order valence-corrected chi connectivity index (χ4v) is 1.34. The molecule has 0 aliphatic carbocycles. The van der Waals surface area contributed by atoms with E-state index in [0.29, 0.717) is 18.9 Å². The summed E-state index contributed by atoms with van der Waals surface area (Å²) < 4.78 is 10.5. The summed E-state index contributed by atoms with van der Waals surface area (Å²) in [5.41, 5.74) is 5.09. The van der Waals surface area contributed by atoms with Crippen molar-refractivity contribution in [2.45, 2.75) is 0 Å². The molecule has 0 aliphatic rings. The first-order chi connectivity index (χ1) is 9.65. The minimum Gasteiger partial charge on any atom is -0.497 e. The second-order valence-corrected chi connectivity index (χ2v) is 3.85. The number of hydrogen-bond acceptors (Lipinski definition) is 5. The zero-order valence-electron chi connectivity index (χ0n) is 11.8. The molecule has 0 radical (unpaired) electrons. The van der Waals surface area contributed by atoms with Crippen LogP contribution in [-0.4, -0.2) is 45.2 Å². The van der Waals surface area contributed by atoms with Gasteiger partial charge < -0.3 is 25.8 Å². The molecular formula is C13H20ClN3O4. The summed E-state index contributed by atoms with van der Waals surface area (Å²) >= 11 is 0. The Morgan fingerprint density at radius 3 is 2.29 bits per heavy atom. The van der Waals surface area contributed by atoms with Gasteiger partial charge in [0.05, 0.1) is 26.7 Å². The van der Waals surface area contributed by atoms with Crippen LogP contribution in [0.1, 0.15) is 0 Å². The van der Waals surface area contributed by atoms with Crippen molar-refractivity contribution in [1.29, 1.82) is 0 Å². The highest BCUT2D eigenvalue weighted by molar-refractivity contribution is 5.85. The van der Waals surface area contributed by atoms with Gasteiger partial charge in [-0.2, -0.15) is 0 Å². The van der Waals surface area contributed by atoms with Crippen LogP contribution in [0.4, 0.5) is 0 Å². The smallest absolute Gasteiger partial charge is 0.239 e. The lowest BCUT2D eigenvalue weighted by Crippen LogP contribution is -2.40. The van der Waals surface area contributed by atoms with Gasteiger partial charge in [-0.15, -0.1) is 12.4 Å². The van der Waals surface area contributed by atoms with Gasteiger partial charge in [0.25, 0.3) is 0 Å². The largest absolute Gasteiger partial charge is 0.497 e. The molecule has 4 N–H and O–H groups in total. The van der Waals surface area contributed by atoms with Crippen molar-refractivity contribution in [2.75, 3.05) is 33.4 Å². The van der Waals surface area contributed by atoms with Crippen LogP contribution in [-0.2, 0) is 9.59 Å². The summed E-state index contributed by atoms with van der Waals surface area (Å²) in [6.07, 6.45) is 0. The number of carbonyl (C=O) groups excluding carboxylic acids is 2. The van der Waals surface area contributed by atoms with Crippen LogP contribution in [0.25, 0.3) is 0 Å². The maximum absolute atomic E-state index is 11.3. The van der Waals surface area contributed by atoms with Crippen molar-refractivity contribution in [2.24, 2.45) is 5.73 Å². The van der Waals surface area contributed by atoms with Crippen LogP contribution in [0.5, 0.6) is 11.5 Å². The number of nitrogens with one attached hydrogen (secondary N) is 2. The molecule has 0 spiro atoms. The molecule has 2 amide bonds. The molecule has 1 aromatic carbocycles. The van der Waals surface area contributed by atoms with Gasteiger partial charge in [0.15, 0.2) is 0 Å². The highest BCUT2D eigenvalue weighted by Crippen LogP contribution is 2.16. The van der Waals surface area contributed by atoms with E-state index >= 15 is 0 Å². The van der Waals surface area contributed by atoms with E-state index in [0.717, 1.165) is 5.75 Å². The Labute approximate surface area is 129 Å². The first-order valence-corrected chi connectivity index (χ1v) is 6.16. The van der Waals surface area contributed by atoms with Crippen LogP contribution in [0.3, 0.4) is 0 Å². The second kappa shape index (κ2) is 10.8. The predicted molar refractivity (Wildman–Crippen MR) is 80.8 cm³/mol. The Morgan fingerprint density at radius 1 is 1.10 bits per heavy atom. The summed E-state index contributed by atoms with van der Waals surface area (Å²) in [7, 11) is 1.59. The van der Waals surface area contributed by atoms with Crippen LogP contribution < -0.4 is 25.8 Å². The number of methoxy groups -OCH3 is 1. The van der Waals surface area contributed by atoms with Crippen molar-refractivity contribution < 1.29 is 19.1 Å². The Hall–Kier alpha value is -1.99. The SMILES string of the molecule is COc1ccc(OCCNC(=O)CNC(=O)CN)cc1.Cl. The molecule has 8 heteroatoms. The van der Waals surface area contributed by atoms with Gasteiger partial charge in [-0.3, -0.25) is 9.59 Å². The lowest BCUT2D eigenvalue weighted by Gasteiger charge is -2.08. The molecule has 0 unspecified atom stereocenters. The summed E-state index contributed by atoms with van der Waals surface area (Å²) in [4.78, 5) is 22.2. The van der Waals surface area contributed by atoms with Crippen LogP contribution in [0, 0.1) is 0 Å². The molecule has 0 bridgehead atoms. The molecule has 21 heavy (non-hydrogen) atoms. The molecule has 0 atom stereocenters. The third-order valence-corrected chi connectivity index (χ3v) is 2.38. The minimum absolute atomic E-state index is 0. The summed E-state index contributed by atoms with van der Waals surface area (Å²) in [6.45, 7) is 0.471. The molecular weight excluding hydrogens is 298 g/mol. The van der Waals surface area contributed by atoms with Gasteiger partial charge in [-0.25, -0.2) is 0 Å². The van der Waals surface area contributed by atoms with E-state index in [2.05, 4.69) is 10.6 Å². The van der Waals surface area contributed by atoms with Crippen LogP contribution >= 0.6 is 12.4 Å². The van der Waals surface area contributed by atoms with Crippen molar-refractivity contribution in [3.63, 3.8) is 0 Å². The molecule has 1 rings (SSSR count). The number of benzene rings is 1. The summed E-state index contributed by atoms with van der Waals surface area (Å²) in [6, 6.07) is 7.14. The van der Waals surface area contributed by atoms with Crippen molar-refractivity contribution in [1.82, 2.24) is 10.6 Å². The second-order valence-electron chi connectivity index (χ2n) is 3.85. The van der Waals surface area contributed by atoms with Crippen molar-refractivity contribution in [3.8, 4) is 11.5 Å². The number of amides is 2. The van der Waals surface area contributed by atoms with E-state index in [4.69, 9.17) is 15.2 Å². The van der Waals surface area contributed by atoms with Gasteiger partial charge in [0, 0.05) is 0 Å². The average molecular weight is 318 g/mol. The Bertz CT molecular complexity index is 440. The summed E-state index contributed by atoms with van der Waals surface area (Å²) in [5, 5.41) is 4.98. The standard InChI is InChI=1S/C13H19N3O4.ClH/c1-19-10-2-4-11(5-3-10)20-7-6-15-13(18)9-16-12(17)8-14;/h2-5H,6-9,14H2,1H3,(H,15,18)(H,16,17);1H. The number of halogens is 1. The maximum atomic E-state index is 11.3. The quantitative estimate of drug-likeness (QED) is 0.571. The molecule has 0 saturated carbocycles. The van der Waals surface area contributed by atoms with Crippen molar-refractivity contribution in [3.05, 3.63) is 24.3 Å². The normalized spacial score (nSPS) is 9.24. The average Bonchev–Trinajstić information content (AvgIpc) is 2.49. The third kappa shape index (κ3) is 8.01. The van der Waals surface area contributed by atoms with Gasteiger partial charge in [0.2, 0.25) is 11.8 Å². The Balaban J connectivity index is 0.00000400. The third-order valence-electron chi connectivity index (χ3n) is 2.38. The van der Waals surface area contributed by atoms with E-state index in [1.165, 1.54) is 0 Å². The van der Waals surface area contributed by atoms with Gasteiger partial charge in [-0.05, 0) is 24.3 Å². The Morgan fingerprint density at radius 2 is 1.71 bits per heavy atom. The van der Waals surface area contributed by atoms with Crippen LogP contribution in [0.15, 0.2) is 24.3 Å². The van der Waals surface area contributed by atoms with Crippen LogP contribution in [0.2, 0.25) is 0 Å². The number of carbonyl (C=O) groups is 2. The molecule has 1 aromatic rings. The topological polar surface area (TPSA) is 103 Å². The number of hydrogen-bond donors (Lipinski definition) is 3. The highest BCUT2D eigenvalue weighted by atomic mass is 35.5. The lowest BCUT2D eigenvalue weighted by atomic mass is 10.3. The van der Waals surface area contributed by atoms with Gasteiger partial charge in [0.1, 0.15) is 18.1 Å². The number of nitrogens with two attached hydrogens (primary N) is 1. The van der Waals surface area contributed by atoms with E-state index < -0.39 is 0 Å². The fraction of sp³-hybridized carbons (Fsp3) is 0.385. The zero-order valence-corrected chi connectivity index (χ0v) is 12.6. The zero-order chi connectivity index (χ0) is 14.8. The van der Waals surface area contributed by atoms with E-state index in [-0.39, 0.29) is 37.3 Å². The molecule has 118 valence electrons. The monoisotopic (exact) mass is 317 g/mol. The molecule has 0 aliphatic heterocycles. The predicted octanol–water partition coefficient (Wildman–Crippen LogP) is -0.313. The molecule has 0 fully saturated rings. The molecule has 0 saturated heterocycles. The highest BCUT2D eigenvalue weighted by Gasteiger charge is 2.03. The van der Waals surface area contributed by atoms with Gasteiger partial charge in [-0.1, -0.05) is 0 Å². The first kappa shape index (κ1) is 19.0. The number of ether oxygens (including phenoxy) is 2. The minimum atomic E-state index is -0.366. The van der Waals surface area contributed by atoms with E-state index in [1.54, 1.807) is 31.4 Å². The first-order valence-electron chi connectivity index (χ1n) is 6.16.